The first-order valence-electron chi connectivity index (χ1n) is 5.58. The number of halogens is 2. The smallest absolute Gasteiger partial charge is 0.308 e. The molecule has 0 spiro atoms. The number of aliphatic carboxylic acids is 1. The predicted octanol–water partition coefficient (Wildman–Crippen LogP) is 3.85. The minimum atomic E-state index is -1.08. The van der Waals surface area contributed by atoms with E-state index in [0.717, 1.165) is 0 Å². The van der Waals surface area contributed by atoms with Crippen LogP contribution in [-0.4, -0.2) is 11.1 Å². The zero-order valence-electron chi connectivity index (χ0n) is 9.86. The van der Waals surface area contributed by atoms with Crippen LogP contribution in [0.15, 0.2) is 42.5 Å². The lowest BCUT2D eigenvalue weighted by Gasteiger charge is -2.12. The first kappa shape index (κ1) is 13.4. The monoisotopic (exact) mass is 279 g/mol. The van der Waals surface area contributed by atoms with Crippen molar-refractivity contribution in [2.24, 2.45) is 0 Å². The van der Waals surface area contributed by atoms with Crippen molar-refractivity contribution < 1.29 is 14.3 Å². The minimum Gasteiger partial charge on any atom is -0.481 e. The van der Waals surface area contributed by atoms with E-state index in [1.165, 1.54) is 12.1 Å². The van der Waals surface area contributed by atoms with Gasteiger partial charge in [0.25, 0.3) is 0 Å². The molecule has 19 heavy (non-hydrogen) atoms. The highest BCUT2D eigenvalue weighted by molar-refractivity contribution is 6.30. The van der Waals surface area contributed by atoms with Crippen molar-refractivity contribution in [2.45, 2.75) is 6.42 Å². The molecule has 2 rings (SSSR count). The number of anilines is 2. The summed E-state index contributed by atoms with van der Waals surface area (Å²) in [5.41, 5.74) is 1.21. The summed E-state index contributed by atoms with van der Waals surface area (Å²) in [7, 11) is 0. The zero-order chi connectivity index (χ0) is 13.8. The van der Waals surface area contributed by atoms with Crippen molar-refractivity contribution in [3.63, 3.8) is 0 Å². The predicted molar refractivity (Wildman–Crippen MR) is 72.5 cm³/mol. The second kappa shape index (κ2) is 5.71. The number of hydrogen-bond donors (Lipinski definition) is 2. The van der Waals surface area contributed by atoms with E-state index in [1.54, 1.807) is 30.3 Å². The lowest BCUT2D eigenvalue weighted by atomic mass is 10.1. The van der Waals surface area contributed by atoms with Gasteiger partial charge < -0.3 is 10.4 Å². The number of carbonyl (C=O) groups is 1. The maximum atomic E-state index is 13.7. The summed E-state index contributed by atoms with van der Waals surface area (Å²) in [6.45, 7) is 0. The quantitative estimate of drug-likeness (QED) is 0.894. The lowest BCUT2D eigenvalue weighted by molar-refractivity contribution is -0.136. The number of rotatable bonds is 4. The molecule has 0 atom stereocenters. The molecule has 2 aromatic rings. The van der Waals surface area contributed by atoms with Crippen LogP contribution in [0, 0.1) is 5.82 Å². The van der Waals surface area contributed by atoms with Gasteiger partial charge in [-0.05, 0) is 30.3 Å². The second-order valence-corrected chi connectivity index (χ2v) is 4.41. The van der Waals surface area contributed by atoms with E-state index in [9.17, 15) is 9.18 Å². The molecule has 0 saturated carbocycles. The summed E-state index contributed by atoms with van der Waals surface area (Å²) >= 11 is 5.86. The highest BCUT2D eigenvalue weighted by atomic mass is 35.5. The van der Waals surface area contributed by atoms with Crippen molar-refractivity contribution in [1.29, 1.82) is 0 Å². The van der Waals surface area contributed by atoms with Crippen LogP contribution in [0.3, 0.4) is 0 Å². The van der Waals surface area contributed by atoms with E-state index >= 15 is 0 Å². The molecule has 98 valence electrons. The Balaban J connectivity index is 2.34. The van der Waals surface area contributed by atoms with Gasteiger partial charge in [-0.3, -0.25) is 4.79 Å². The van der Waals surface area contributed by atoms with Crippen LogP contribution in [0.25, 0.3) is 0 Å². The molecular weight excluding hydrogens is 269 g/mol. The van der Waals surface area contributed by atoms with Crippen LogP contribution in [0.2, 0.25) is 5.02 Å². The van der Waals surface area contributed by atoms with Gasteiger partial charge in [0.05, 0.1) is 6.42 Å². The molecule has 0 heterocycles. The maximum Gasteiger partial charge on any atom is 0.308 e. The van der Waals surface area contributed by atoms with Crippen molar-refractivity contribution >= 4 is 28.9 Å². The molecule has 2 aromatic carbocycles. The second-order valence-electron chi connectivity index (χ2n) is 3.97. The van der Waals surface area contributed by atoms with Gasteiger partial charge >= 0.3 is 5.97 Å². The third-order valence-corrected chi connectivity index (χ3v) is 2.79. The van der Waals surface area contributed by atoms with Gasteiger partial charge in [-0.2, -0.15) is 0 Å². The normalized spacial score (nSPS) is 10.2. The Morgan fingerprint density at radius 1 is 1.26 bits per heavy atom. The Kier molecular flexibility index (Phi) is 4.02. The average Bonchev–Trinajstić information content (AvgIpc) is 2.33. The van der Waals surface area contributed by atoms with Crippen molar-refractivity contribution in [2.75, 3.05) is 5.32 Å². The molecule has 0 bridgehead atoms. The molecule has 2 N–H and O–H groups in total. The molecular formula is C14H11ClFNO2. The number of carboxylic acid groups (broad SMARTS) is 1. The van der Waals surface area contributed by atoms with E-state index in [1.807, 2.05) is 0 Å². The third kappa shape index (κ3) is 3.45. The van der Waals surface area contributed by atoms with E-state index in [0.29, 0.717) is 16.4 Å². The van der Waals surface area contributed by atoms with Gasteiger partial charge in [-0.25, -0.2) is 4.39 Å². The summed E-state index contributed by atoms with van der Waals surface area (Å²) in [5, 5.41) is 12.3. The van der Waals surface area contributed by atoms with E-state index in [4.69, 9.17) is 16.7 Å². The fourth-order valence-electron chi connectivity index (χ4n) is 1.73. The summed E-state index contributed by atoms with van der Waals surface area (Å²) in [6.07, 6.45) is -0.379. The van der Waals surface area contributed by atoms with Gasteiger partial charge in [0.2, 0.25) is 0 Å². The molecule has 5 heteroatoms. The molecule has 0 fully saturated rings. The Morgan fingerprint density at radius 2 is 2.00 bits per heavy atom. The highest BCUT2D eigenvalue weighted by Crippen LogP contribution is 2.25. The van der Waals surface area contributed by atoms with Gasteiger partial charge in [-0.1, -0.05) is 23.7 Å². The van der Waals surface area contributed by atoms with Crippen LogP contribution in [-0.2, 0) is 11.2 Å². The topological polar surface area (TPSA) is 49.3 Å². The van der Waals surface area contributed by atoms with E-state index < -0.39 is 11.8 Å². The van der Waals surface area contributed by atoms with Crippen LogP contribution in [0.5, 0.6) is 0 Å². The maximum absolute atomic E-state index is 13.7. The van der Waals surface area contributed by atoms with E-state index in [2.05, 4.69) is 5.32 Å². The van der Waals surface area contributed by atoms with Crippen LogP contribution in [0.4, 0.5) is 15.8 Å². The van der Waals surface area contributed by atoms with E-state index in [-0.39, 0.29) is 12.0 Å². The van der Waals surface area contributed by atoms with Gasteiger partial charge in [0, 0.05) is 22.0 Å². The number of hydrogen-bond acceptors (Lipinski definition) is 2. The van der Waals surface area contributed by atoms with Crippen LogP contribution < -0.4 is 5.32 Å². The Labute approximate surface area is 114 Å². The van der Waals surface area contributed by atoms with Crippen LogP contribution in [0.1, 0.15) is 5.56 Å². The largest absolute Gasteiger partial charge is 0.481 e. The van der Waals surface area contributed by atoms with Gasteiger partial charge in [0.15, 0.2) is 0 Å². The average molecular weight is 280 g/mol. The molecule has 0 saturated heterocycles. The standard InChI is InChI=1S/C14H11ClFNO2/c15-9-3-1-4-10(7-9)17-13-6-2-5-12(16)11(13)8-14(18)19/h1-7,17H,8H2,(H,18,19). The number of benzene rings is 2. The zero-order valence-corrected chi connectivity index (χ0v) is 10.6. The Bertz CT molecular complexity index is 616. The molecule has 0 unspecified atom stereocenters. The summed E-state index contributed by atoms with van der Waals surface area (Å²) in [5.74, 6) is -1.63. The van der Waals surface area contributed by atoms with Crippen molar-refractivity contribution in [3.05, 3.63) is 58.9 Å². The molecule has 0 aliphatic rings. The molecule has 0 radical (unpaired) electrons. The molecule has 0 aromatic heterocycles. The van der Waals surface area contributed by atoms with Crippen LogP contribution >= 0.6 is 11.6 Å². The molecule has 3 nitrogen and oxygen atoms in total. The molecule has 0 aliphatic carbocycles. The third-order valence-electron chi connectivity index (χ3n) is 2.55. The summed E-state index contributed by atoms with van der Waals surface area (Å²) < 4.78 is 13.7. The van der Waals surface area contributed by atoms with Gasteiger partial charge in [0.1, 0.15) is 5.82 Å². The summed E-state index contributed by atoms with van der Waals surface area (Å²) in [6, 6.07) is 11.3. The highest BCUT2D eigenvalue weighted by Gasteiger charge is 2.12. The van der Waals surface area contributed by atoms with Crippen molar-refractivity contribution in [3.8, 4) is 0 Å². The first-order chi connectivity index (χ1) is 9.06. The minimum absolute atomic E-state index is 0.120. The number of carboxylic acids is 1. The first-order valence-corrected chi connectivity index (χ1v) is 5.96. The molecule has 0 amide bonds. The Morgan fingerprint density at radius 3 is 2.68 bits per heavy atom. The SMILES string of the molecule is O=C(O)Cc1c(F)cccc1Nc1cccc(Cl)c1. The van der Waals surface area contributed by atoms with Gasteiger partial charge in [-0.15, -0.1) is 0 Å². The molecule has 0 aliphatic heterocycles. The fraction of sp³-hybridized carbons (Fsp3) is 0.0714. The number of nitrogens with one attached hydrogen (secondary N) is 1. The summed E-state index contributed by atoms with van der Waals surface area (Å²) in [4.78, 5) is 10.8. The lowest BCUT2D eigenvalue weighted by Crippen LogP contribution is -2.06. The van der Waals surface area contributed by atoms with Crippen molar-refractivity contribution in [1.82, 2.24) is 0 Å². The Hall–Kier alpha value is -2.07. The fourth-order valence-corrected chi connectivity index (χ4v) is 1.92.